The third-order valence-corrected chi connectivity index (χ3v) is 4.11. The minimum absolute atomic E-state index is 0.140. The topological polar surface area (TPSA) is 62.3 Å². The molecule has 0 saturated carbocycles. The summed E-state index contributed by atoms with van der Waals surface area (Å²) in [6.45, 7) is 4.61. The smallest absolute Gasteiger partial charge is 0.257 e. The lowest BCUT2D eigenvalue weighted by atomic mass is 10.1. The Morgan fingerprint density at radius 2 is 1.92 bits per heavy atom. The highest BCUT2D eigenvalue weighted by atomic mass is 35.5. The molecule has 0 aliphatic heterocycles. The van der Waals surface area contributed by atoms with Crippen molar-refractivity contribution in [3.05, 3.63) is 58.4 Å². The molecule has 0 unspecified atom stereocenters. The van der Waals surface area contributed by atoms with E-state index >= 15 is 0 Å². The van der Waals surface area contributed by atoms with Crippen molar-refractivity contribution >= 4 is 29.1 Å². The van der Waals surface area contributed by atoms with Crippen molar-refractivity contribution in [2.24, 2.45) is 0 Å². The highest BCUT2D eigenvalue weighted by molar-refractivity contribution is 6.30. The zero-order chi connectivity index (χ0) is 18.4. The molecular formula is C19H22ClN3O2. The van der Waals surface area contributed by atoms with Crippen LogP contribution in [0.1, 0.15) is 46.0 Å². The molecule has 1 aromatic heterocycles. The lowest BCUT2D eigenvalue weighted by Gasteiger charge is -2.17. The third-order valence-electron chi connectivity index (χ3n) is 3.88. The number of aromatic nitrogens is 1. The van der Waals surface area contributed by atoms with E-state index in [9.17, 15) is 9.59 Å². The minimum atomic E-state index is -0.316. The van der Waals surface area contributed by atoms with E-state index in [0.717, 1.165) is 18.4 Å². The second kappa shape index (κ2) is 8.62. The number of benzene rings is 1. The highest BCUT2D eigenvalue weighted by Crippen LogP contribution is 2.20. The van der Waals surface area contributed by atoms with Gasteiger partial charge in [-0.05, 0) is 43.2 Å². The average Bonchev–Trinajstić information content (AvgIpc) is 2.61. The quantitative estimate of drug-likeness (QED) is 0.842. The summed E-state index contributed by atoms with van der Waals surface area (Å²) in [4.78, 5) is 30.6. The van der Waals surface area contributed by atoms with Crippen molar-refractivity contribution in [1.29, 1.82) is 0 Å². The van der Waals surface area contributed by atoms with E-state index in [0.29, 0.717) is 28.4 Å². The number of anilines is 1. The lowest BCUT2D eigenvalue weighted by molar-refractivity contribution is 0.0793. The maximum absolute atomic E-state index is 12.5. The molecule has 0 saturated heterocycles. The van der Waals surface area contributed by atoms with Gasteiger partial charge in [-0.1, -0.05) is 24.9 Å². The van der Waals surface area contributed by atoms with E-state index in [1.807, 2.05) is 6.92 Å². The Labute approximate surface area is 153 Å². The molecule has 1 heterocycles. The van der Waals surface area contributed by atoms with Gasteiger partial charge in [0.15, 0.2) is 0 Å². The van der Waals surface area contributed by atoms with E-state index in [1.165, 1.54) is 12.4 Å². The molecule has 25 heavy (non-hydrogen) atoms. The van der Waals surface area contributed by atoms with Gasteiger partial charge >= 0.3 is 0 Å². The maximum Gasteiger partial charge on any atom is 0.257 e. The van der Waals surface area contributed by atoms with Crippen LogP contribution in [0, 0.1) is 6.92 Å². The molecule has 0 spiro atoms. The summed E-state index contributed by atoms with van der Waals surface area (Å²) >= 11 is 5.93. The fraction of sp³-hybridized carbons (Fsp3) is 0.316. The Bertz CT molecular complexity index is 777. The first-order valence-corrected chi connectivity index (χ1v) is 8.58. The van der Waals surface area contributed by atoms with Crippen molar-refractivity contribution in [3.63, 3.8) is 0 Å². The monoisotopic (exact) mass is 359 g/mol. The highest BCUT2D eigenvalue weighted by Gasteiger charge is 2.15. The fourth-order valence-corrected chi connectivity index (χ4v) is 2.59. The number of carbonyl (C=O) groups excluding carboxylic acids is 2. The summed E-state index contributed by atoms with van der Waals surface area (Å²) in [5, 5.41) is 3.43. The number of hydrogen-bond acceptors (Lipinski definition) is 3. The Balaban J connectivity index is 2.14. The predicted molar refractivity (Wildman–Crippen MR) is 100 cm³/mol. The molecule has 2 aromatic rings. The molecular weight excluding hydrogens is 338 g/mol. The van der Waals surface area contributed by atoms with Crippen LogP contribution in [0.15, 0.2) is 36.7 Å². The Kier molecular flexibility index (Phi) is 6.53. The largest absolute Gasteiger partial charge is 0.342 e. The van der Waals surface area contributed by atoms with Crippen molar-refractivity contribution in [2.45, 2.75) is 26.7 Å². The van der Waals surface area contributed by atoms with Crippen molar-refractivity contribution in [2.75, 3.05) is 18.9 Å². The van der Waals surface area contributed by atoms with Crippen LogP contribution in [0.2, 0.25) is 5.02 Å². The number of unbranched alkanes of at least 4 members (excludes halogenated alkanes) is 1. The maximum atomic E-state index is 12.5. The van der Waals surface area contributed by atoms with Gasteiger partial charge in [-0.2, -0.15) is 0 Å². The summed E-state index contributed by atoms with van der Waals surface area (Å²) in [5.41, 5.74) is 2.27. The second-order valence-corrected chi connectivity index (χ2v) is 6.39. The van der Waals surface area contributed by atoms with E-state index in [2.05, 4.69) is 17.2 Å². The molecule has 1 N–H and O–H groups in total. The normalized spacial score (nSPS) is 10.4. The molecule has 1 aromatic carbocycles. The van der Waals surface area contributed by atoms with Crippen molar-refractivity contribution in [3.8, 4) is 0 Å². The molecule has 2 rings (SSSR count). The Morgan fingerprint density at radius 3 is 2.60 bits per heavy atom. The summed E-state index contributed by atoms with van der Waals surface area (Å²) in [5.74, 6) is -0.456. The van der Waals surface area contributed by atoms with Gasteiger partial charge in [0.1, 0.15) is 0 Å². The number of halogens is 1. The molecule has 2 amide bonds. The number of pyridine rings is 1. The van der Waals surface area contributed by atoms with Gasteiger partial charge in [-0.25, -0.2) is 0 Å². The predicted octanol–water partition coefficient (Wildman–Crippen LogP) is 4.17. The van der Waals surface area contributed by atoms with Gasteiger partial charge in [0, 0.05) is 36.7 Å². The summed E-state index contributed by atoms with van der Waals surface area (Å²) in [6.07, 6.45) is 4.88. The summed E-state index contributed by atoms with van der Waals surface area (Å²) < 4.78 is 0. The van der Waals surface area contributed by atoms with Crippen LogP contribution in [-0.2, 0) is 0 Å². The van der Waals surface area contributed by atoms with Gasteiger partial charge in [0.05, 0.1) is 11.1 Å². The van der Waals surface area contributed by atoms with Crippen molar-refractivity contribution < 1.29 is 9.59 Å². The van der Waals surface area contributed by atoms with E-state index in [-0.39, 0.29) is 11.8 Å². The van der Waals surface area contributed by atoms with Crippen LogP contribution in [0.25, 0.3) is 0 Å². The van der Waals surface area contributed by atoms with Crippen LogP contribution in [-0.4, -0.2) is 35.3 Å². The molecule has 6 heteroatoms. The van der Waals surface area contributed by atoms with E-state index in [4.69, 9.17) is 11.6 Å². The SMILES string of the molecule is CCCCN(C)C(=O)c1cncc(C(=O)Nc2ccc(Cl)cc2C)c1. The Hall–Kier alpha value is -2.40. The number of hydrogen-bond donors (Lipinski definition) is 1. The van der Waals surface area contributed by atoms with Crippen LogP contribution < -0.4 is 5.32 Å². The average molecular weight is 360 g/mol. The number of rotatable bonds is 6. The number of aryl methyl sites for hydroxylation is 1. The standard InChI is InChI=1S/C19H22ClN3O2/c1-4-5-8-23(3)19(25)15-10-14(11-21-12-15)18(24)22-17-7-6-16(20)9-13(17)2/h6-7,9-12H,4-5,8H2,1-3H3,(H,22,24). The molecule has 0 aliphatic rings. The molecule has 132 valence electrons. The third kappa shape index (κ3) is 5.03. The number of amides is 2. The number of nitrogens with one attached hydrogen (secondary N) is 1. The van der Waals surface area contributed by atoms with Crippen LogP contribution in [0.3, 0.4) is 0 Å². The van der Waals surface area contributed by atoms with Gasteiger partial charge in [0.25, 0.3) is 11.8 Å². The molecule has 0 bridgehead atoms. The first kappa shape index (κ1) is 18.9. The van der Waals surface area contributed by atoms with Crippen LogP contribution in [0.4, 0.5) is 5.69 Å². The molecule has 0 atom stereocenters. The number of nitrogens with zero attached hydrogens (tertiary/aromatic N) is 2. The fourth-order valence-electron chi connectivity index (χ4n) is 2.36. The van der Waals surface area contributed by atoms with Crippen LogP contribution in [0.5, 0.6) is 0 Å². The summed E-state index contributed by atoms with van der Waals surface area (Å²) in [7, 11) is 1.75. The van der Waals surface area contributed by atoms with E-state index < -0.39 is 0 Å². The van der Waals surface area contributed by atoms with Gasteiger partial charge in [0.2, 0.25) is 0 Å². The van der Waals surface area contributed by atoms with Crippen molar-refractivity contribution in [1.82, 2.24) is 9.88 Å². The first-order chi connectivity index (χ1) is 11.9. The lowest BCUT2D eigenvalue weighted by Crippen LogP contribution is -2.28. The zero-order valence-corrected chi connectivity index (χ0v) is 15.4. The number of carbonyl (C=O) groups is 2. The molecule has 0 aliphatic carbocycles. The molecule has 5 nitrogen and oxygen atoms in total. The van der Waals surface area contributed by atoms with Crippen LogP contribution >= 0.6 is 11.6 Å². The second-order valence-electron chi connectivity index (χ2n) is 5.96. The minimum Gasteiger partial charge on any atom is -0.342 e. The molecule has 0 radical (unpaired) electrons. The van der Waals surface area contributed by atoms with Gasteiger partial charge in [-0.15, -0.1) is 0 Å². The van der Waals surface area contributed by atoms with Gasteiger partial charge in [-0.3, -0.25) is 14.6 Å². The molecule has 0 fully saturated rings. The van der Waals surface area contributed by atoms with Gasteiger partial charge < -0.3 is 10.2 Å². The first-order valence-electron chi connectivity index (χ1n) is 8.20. The zero-order valence-electron chi connectivity index (χ0n) is 14.7. The van der Waals surface area contributed by atoms with E-state index in [1.54, 1.807) is 36.2 Å². The Morgan fingerprint density at radius 1 is 1.20 bits per heavy atom. The summed E-state index contributed by atoms with van der Waals surface area (Å²) in [6, 6.07) is 6.80.